The predicted octanol–water partition coefficient (Wildman–Crippen LogP) is 3.18. The fourth-order valence-corrected chi connectivity index (χ4v) is 2.68. The molecule has 1 saturated heterocycles. The molecular formula is C15H22F2N2. The zero-order valence-corrected chi connectivity index (χ0v) is 11.6. The molecule has 0 saturated carbocycles. The molecule has 1 aliphatic rings. The third-order valence-corrected chi connectivity index (χ3v) is 3.51. The van der Waals surface area contributed by atoms with Gasteiger partial charge >= 0.3 is 0 Å². The average molecular weight is 268 g/mol. The van der Waals surface area contributed by atoms with Gasteiger partial charge in [-0.2, -0.15) is 0 Å². The number of hydrogen-bond acceptors (Lipinski definition) is 2. The van der Waals surface area contributed by atoms with E-state index in [1.165, 1.54) is 6.07 Å². The maximum Gasteiger partial charge on any atom is 0.182 e. The highest BCUT2D eigenvalue weighted by atomic mass is 19.2. The van der Waals surface area contributed by atoms with Gasteiger partial charge in [0.2, 0.25) is 0 Å². The maximum atomic E-state index is 13.9. The van der Waals surface area contributed by atoms with E-state index >= 15 is 0 Å². The molecule has 1 heterocycles. The monoisotopic (exact) mass is 268 g/mol. The lowest BCUT2D eigenvalue weighted by molar-refractivity contribution is 0.434. The van der Waals surface area contributed by atoms with E-state index < -0.39 is 11.6 Å². The Morgan fingerprint density at radius 3 is 2.89 bits per heavy atom. The van der Waals surface area contributed by atoms with Crippen molar-refractivity contribution in [1.29, 1.82) is 0 Å². The van der Waals surface area contributed by atoms with E-state index in [0.717, 1.165) is 32.5 Å². The Kier molecular flexibility index (Phi) is 4.75. The molecule has 4 heteroatoms. The molecule has 106 valence electrons. The molecule has 1 unspecified atom stereocenters. The molecule has 1 aromatic rings. The second-order valence-electron chi connectivity index (χ2n) is 5.65. The topological polar surface area (TPSA) is 15.3 Å². The van der Waals surface area contributed by atoms with Gasteiger partial charge in [-0.05, 0) is 37.4 Å². The normalized spacial score (nSPS) is 20.7. The molecule has 0 spiro atoms. The average Bonchev–Trinajstić information content (AvgIpc) is 2.57. The highest BCUT2D eigenvalue weighted by Crippen LogP contribution is 2.23. The number of benzene rings is 1. The molecule has 1 N–H and O–H groups in total. The van der Waals surface area contributed by atoms with E-state index in [1.807, 2.05) is 4.90 Å². The number of nitrogens with one attached hydrogen (secondary N) is 1. The van der Waals surface area contributed by atoms with Crippen LogP contribution in [0, 0.1) is 17.6 Å². The standard InChI is InChI=1S/C15H22F2N2/c1-11(2)9-12-10-19(8-4-7-18-12)14-6-3-5-13(16)15(14)17/h3,5-6,11-12,18H,4,7-10H2,1-2H3. The zero-order valence-electron chi connectivity index (χ0n) is 11.6. The first-order valence-electron chi connectivity index (χ1n) is 7.00. The van der Waals surface area contributed by atoms with Crippen LogP contribution in [0.25, 0.3) is 0 Å². The first-order chi connectivity index (χ1) is 9.08. The van der Waals surface area contributed by atoms with Gasteiger partial charge in [-0.15, -0.1) is 0 Å². The lowest BCUT2D eigenvalue weighted by Gasteiger charge is -2.27. The number of halogens is 2. The van der Waals surface area contributed by atoms with E-state index in [-0.39, 0.29) is 0 Å². The molecule has 0 aliphatic carbocycles. The zero-order chi connectivity index (χ0) is 13.8. The maximum absolute atomic E-state index is 13.9. The second-order valence-corrected chi connectivity index (χ2v) is 5.65. The molecule has 1 atom stereocenters. The van der Waals surface area contributed by atoms with Crippen LogP contribution in [0.3, 0.4) is 0 Å². The first-order valence-corrected chi connectivity index (χ1v) is 7.00. The highest BCUT2D eigenvalue weighted by Gasteiger charge is 2.21. The van der Waals surface area contributed by atoms with Crippen LogP contribution >= 0.6 is 0 Å². The van der Waals surface area contributed by atoms with Gasteiger partial charge in [0.1, 0.15) is 0 Å². The van der Waals surface area contributed by atoms with Crippen LogP contribution in [0.4, 0.5) is 14.5 Å². The SMILES string of the molecule is CC(C)CC1CN(c2cccc(F)c2F)CCCN1. The summed E-state index contributed by atoms with van der Waals surface area (Å²) in [5.41, 5.74) is 0.387. The van der Waals surface area contributed by atoms with Crippen molar-refractivity contribution >= 4 is 5.69 Å². The van der Waals surface area contributed by atoms with Gasteiger partial charge in [0, 0.05) is 19.1 Å². The van der Waals surface area contributed by atoms with Gasteiger partial charge in [-0.3, -0.25) is 0 Å². The smallest absolute Gasteiger partial charge is 0.182 e. The Labute approximate surface area is 113 Å². The van der Waals surface area contributed by atoms with Crippen LogP contribution < -0.4 is 10.2 Å². The fraction of sp³-hybridized carbons (Fsp3) is 0.600. The third kappa shape index (κ3) is 3.66. The summed E-state index contributed by atoms with van der Waals surface area (Å²) >= 11 is 0. The summed E-state index contributed by atoms with van der Waals surface area (Å²) < 4.78 is 27.2. The highest BCUT2D eigenvalue weighted by molar-refractivity contribution is 5.48. The van der Waals surface area contributed by atoms with Crippen molar-refractivity contribution in [3.05, 3.63) is 29.8 Å². The fourth-order valence-electron chi connectivity index (χ4n) is 2.68. The van der Waals surface area contributed by atoms with Crippen LogP contribution in [0.15, 0.2) is 18.2 Å². The van der Waals surface area contributed by atoms with E-state index in [0.29, 0.717) is 17.6 Å². The van der Waals surface area contributed by atoms with Crippen molar-refractivity contribution in [2.24, 2.45) is 5.92 Å². The summed E-state index contributed by atoms with van der Waals surface area (Å²) in [5, 5.41) is 3.49. The summed E-state index contributed by atoms with van der Waals surface area (Å²) in [6, 6.07) is 4.74. The molecule has 1 fully saturated rings. The third-order valence-electron chi connectivity index (χ3n) is 3.51. The molecule has 0 aromatic heterocycles. The molecule has 0 amide bonds. The van der Waals surface area contributed by atoms with Crippen LogP contribution in [-0.2, 0) is 0 Å². The lowest BCUT2D eigenvalue weighted by Crippen LogP contribution is -2.39. The minimum absolute atomic E-state index is 0.338. The molecule has 2 rings (SSSR count). The second kappa shape index (κ2) is 6.33. The van der Waals surface area contributed by atoms with Crippen molar-refractivity contribution in [2.45, 2.75) is 32.7 Å². The molecule has 0 radical (unpaired) electrons. The van der Waals surface area contributed by atoms with Crippen LogP contribution in [0.5, 0.6) is 0 Å². The summed E-state index contributed by atoms with van der Waals surface area (Å²) in [6.07, 6.45) is 2.00. The van der Waals surface area contributed by atoms with E-state index in [9.17, 15) is 8.78 Å². The largest absolute Gasteiger partial charge is 0.367 e. The van der Waals surface area contributed by atoms with Gasteiger partial charge in [0.05, 0.1) is 5.69 Å². The van der Waals surface area contributed by atoms with E-state index in [4.69, 9.17) is 0 Å². The first kappa shape index (κ1) is 14.3. The van der Waals surface area contributed by atoms with Crippen LogP contribution in [-0.4, -0.2) is 25.7 Å². The molecule has 2 nitrogen and oxygen atoms in total. The number of rotatable bonds is 3. The van der Waals surface area contributed by atoms with Crippen molar-refractivity contribution in [1.82, 2.24) is 5.32 Å². The van der Waals surface area contributed by atoms with Gasteiger partial charge in [0.25, 0.3) is 0 Å². The van der Waals surface area contributed by atoms with E-state index in [1.54, 1.807) is 12.1 Å². The van der Waals surface area contributed by atoms with Gasteiger partial charge in [-0.25, -0.2) is 8.78 Å². The summed E-state index contributed by atoms with van der Waals surface area (Å²) in [4.78, 5) is 1.96. The van der Waals surface area contributed by atoms with Crippen LogP contribution in [0.1, 0.15) is 26.7 Å². The van der Waals surface area contributed by atoms with Crippen molar-refractivity contribution < 1.29 is 8.78 Å². The minimum Gasteiger partial charge on any atom is -0.367 e. The van der Waals surface area contributed by atoms with Gasteiger partial charge in [0.15, 0.2) is 11.6 Å². The Balaban J connectivity index is 2.15. The molecule has 0 bridgehead atoms. The van der Waals surface area contributed by atoms with Crippen molar-refractivity contribution in [3.63, 3.8) is 0 Å². The van der Waals surface area contributed by atoms with Crippen molar-refractivity contribution in [3.8, 4) is 0 Å². The molecule has 1 aliphatic heterocycles. The molecular weight excluding hydrogens is 246 g/mol. The quantitative estimate of drug-likeness (QED) is 0.905. The number of anilines is 1. The Morgan fingerprint density at radius 2 is 2.16 bits per heavy atom. The Morgan fingerprint density at radius 1 is 1.37 bits per heavy atom. The Hall–Kier alpha value is -1.16. The summed E-state index contributed by atoms with van der Waals surface area (Å²) in [6.45, 7) is 6.80. The lowest BCUT2D eigenvalue weighted by atomic mass is 10.0. The number of hydrogen-bond donors (Lipinski definition) is 1. The predicted molar refractivity (Wildman–Crippen MR) is 74.4 cm³/mol. The Bertz CT molecular complexity index is 421. The van der Waals surface area contributed by atoms with Gasteiger partial charge in [-0.1, -0.05) is 19.9 Å². The van der Waals surface area contributed by atoms with Gasteiger partial charge < -0.3 is 10.2 Å². The molecule has 19 heavy (non-hydrogen) atoms. The molecule has 1 aromatic carbocycles. The summed E-state index contributed by atoms with van der Waals surface area (Å²) in [5.74, 6) is -0.905. The van der Waals surface area contributed by atoms with Crippen LogP contribution in [0.2, 0.25) is 0 Å². The van der Waals surface area contributed by atoms with Crippen molar-refractivity contribution in [2.75, 3.05) is 24.5 Å². The number of nitrogens with zero attached hydrogens (tertiary/aromatic N) is 1. The van der Waals surface area contributed by atoms with E-state index in [2.05, 4.69) is 19.2 Å². The minimum atomic E-state index is -0.768. The summed E-state index contributed by atoms with van der Waals surface area (Å²) in [7, 11) is 0.